The molecular weight excluding hydrogens is 222 g/mol. The molecule has 2 nitrogen and oxygen atoms in total. The summed E-state index contributed by atoms with van der Waals surface area (Å²) in [6.07, 6.45) is 0. The second-order valence-corrected chi connectivity index (χ2v) is 9.84. The molecule has 0 aromatic rings. The van der Waals surface area contributed by atoms with Crippen molar-refractivity contribution in [3.63, 3.8) is 0 Å². The van der Waals surface area contributed by atoms with Gasteiger partial charge in [0.25, 0.3) is 0 Å². The largest absolute Gasteiger partial charge is 0.205 e. The third-order valence-corrected chi connectivity index (χ3v) is 2.21. The quantitative estimate of drug-likeness (QED) is 0.635. The van der Waals surface area contributed by atoms with Crippen LogP contribution in [0.3, 0.4) is 0 Å². The molecule has 32 valence electrons. The van der Waals surface area contributed by atoms with E-state index in [1.54, 1.807) is 0 Å². The van der Waals surface area contributed by atoms with E-state index in [1.165, 1.54) is 0 Å². The molecule has 0 aromatic heterocycles. The van der Waals surface area contributed by atoms with Gasteiger partial charge in [0, 0.05) is 29.6 Å². The molecule has 1 saturated heterocycles. The normalized spacial score (nSPS) is 36.4. The van der Waals surface area contributed by atoms with E-state index in [2.05, 4.69) is 38.8 Å². The summed E-state index contributed by atoms with van der Waals surface area (Å²) in [6, 6.07) is 0. The zero-order valence-corrected chi connectivity index (χ0v) is 6.06. The van der Waals surface area contributed by atoms with Crippen LogP contribution in [0.5, 0.6) is 0 Å². The van der Waals surface area contributed by atoms with Crippen molar-refractivity contribution in [2.75, 3.05) is 0 Å². The van der Waals surface area contributed by atoms with E-state index in [1.807, 2.05) is 0 Å². The van der Waals surface area contributed by atoms with Crippen molar-refractivity contribution >= 4 is 37.0 Å². The topological polar surface area (TPSA) is 34.5 Å². The summed E-state index contributed by atoms with van der Waals surface area (Å²) in [5.41, 5.74) is 0. The zero-order valence-electron chi connectivity index (χ0n) is 2.07. The lowest BCUT2D eigenvalue weighted by Crippen LogP contribution is -1.54. The molecule has 0 amide bonds. The standard InChI is InChI=1S/Br2HNOS/c1-5(2)3-4-5/h3H. The molecule has 0 aromatic carbocycles. The number of rotatable bonds is 0. The van der Waals surface area contributed by atoms with Gasteiger partial charge in [0.05, 0.1) is 7.36 Å². The Hall–Kier alpha value is 1.23. The Bertz CT molecular complexity index is 47.6. The van der Waals surface area contributed by atoms with Gasteiger partial charge in [-0.15, -0.1) is 4.89 Å². The predicted octanol–water partition coefficient (Wildman–Crippen LogP) is 1.78. The van der Waals surface area contributed by atoms with E-state index in [4.69, 9.17) is 0 Å². The minimum atomic E-state index is -1.04. The van der Waals surface area contributed by atoms with Gasteiger partial charge in [-0.25, -0.2) is 4.28 Å². The van der Waals surface area contributed by atoms with Crippen LogP contribution in [0.4, 0.5) is 0 Å². The fourth-order valence-electron chi connectivity index (χ4n) is 0.0257. The summed E-state index contributed by atoms with van der Waals surface area (Å²) in [4.78, 5) is 2.59. The fraction of sp³-hybridized carbons (Fsp3) is 0. The van der Waals surface area contributed by atoms with Gasteiger partial charge in [-0.1, -0.05) is 0 Å². The molecule has 1 N–H and O–H groups in total. The number of halogens is 2. The van der Waals surface area contributed by atoms with Crippen molar-refractivity contribution in [3.8, 4) is 0 Å². The van der Waals surface area contributed by atoms with Gasteiger partial charge in [-0.05, 0) is 0 Å². The Morgan fingerprint density at radius 1 is 1.60 bits per heavy atom. The molecule has 0 radical (unpaired) electrons. The summed E-state index contributed by atoms with van der Waals surface area (Å²) in [7, 11) is -1.04. The molecule has 1 heterocycles. The molecule has 5 heavy (non-hydrogen) atoms. The molecule has 0 spiro atoms. The molecule has 5 heteroatoms. The van der Waals surface area contributed by atoms with Gasteiger partial charge < -0.3 is 0 Å². The first-order valence-corrected chi connectivity index (χ1v) is 6.13. The summed E-state index contributed by atoms with van der Waals surface area (Å²) in [5.74, 6) is 0. The molecule has 0 unspecified atom stereocenters. The fourth-order valence-corrected chi connectivity index (χ4v) is 1.20. The second-order valence-electron chi connectivity index (χ2n) is 0.589. The maximum absolute atomic E-state index is 4.56. The predicted molar refractivity (Wildman–Crippen MR) is 29.7 cm³/mol. The minimum Gasteiger partial charge on any atom is -0.205 e. The lowest BCUT2D eigenvalue weighted by molar-refractivity contribution is 0.471. The molecule has 1 rings (SSSR count). The summed E-state index contributed by atoms with van der Waals surface area (Å²) >= 11 is 6.31. The van der Waals surface area contributed by atoms with Gasteiger partial charge in [0.2, 0.25) is 0 Å². The van der Waals surface area contributed by atoms with Gasteiger partial charge in [0.15, 0.2) is 0 Å². The first kappa shape index (κ1) is 4.39. The van der Waals surface area contributed by atoms with Crippen LogP contribution in [0.25, 0.3) is 0 Å². The minimum absolute atomic E-state index is 1.04. The van der Waals surface area contributed by atoms with E-state index in [0.29, 0.717) is 0 Å². The van der Waals surface area contributed by atoms with Gasteiger partial charge >= 0.3 is 0 Å². The highest BCUT2D eigenvalue weighted by Crippen LogP contribution is 2.70. The Labute approximate surface area is 46.3 Å². The van der Waals surface area contributed by atoms with Gasteiger partial charge in [-0.3, -0.25) is 0 Å². The monoisotopic (exact) mass is 221 g/mol. The Balaban J connectivity index is 2.38. The van der Waals surface area contributed by atoms with Crippen molar-refractivity contribution in [3.05, 3.63) is 0 Å². The smallest absolute Gasteiger partial charge is 0.0844 e. The molecule has 0 aliphatic carbocycles. The molecule has 0 bridgehead atoms. The Kier molecular flexibility index (Phi) is 0.965. The maximum atomic E-state index is 4.56. The maximum Gasteiger partial charge on any atom is 0.0844 e. The van der Waals surface area contributed by atoms with E-state index in [-0.39, 0.29) is 0 Å². The number of hydrogen-bond donors (Lipinski definition) is 1. The van der Waals surface area contributed by atoms with E-state index in [0.717, 1.165) is 0 Å². The SMILES string of the molecule is BrS1(Br)NO1. The van der Waals surface area contributed by atoms with Crippen LogP contribution in [-0.2, 0) is 4.28 Å². The number of hydrogen-bond acceptors (Lipinski definition) is 2. The molecule has 0 saturated carbocycles. The molecule has 1 fully saturated rings. The highest BCUT2D eigenvalue weighted by atomic mass is 79.9. The third-order valence-electron chi connectivity index (χ3n) is 0.209. The van der Waals surface area contributed by atoms with E-state index < -0.39 is 7.36 Å². The summed E-state index contributed by atoms with van der Waals surface area (Å²) in [5, 5.41) is 0. The van der Waals surface area contributed by atoms with Crippen LogP contribution in [0, 0.1) is 0 Å². The molecule has 1 aliphatic heterocycles. The van der Waals surface area contributed by atoms with Crippen LogP contribution in [0.15, 0.2) is 0 Å². The highest BCUT2D eigenvalue weighted by Gasteiger charge is 2.32. The van der Waals surface area contributed by atoms with Gasteiger partial charge in [-0.2, -0.15) is 0 Å². The molecule has 0 atom stereocenters. The van der Waals surface area contributed by atoms with Crippen LogP contribution in [0.1, 0.15) is 0 Å². The van der Waals surface area contributed by atoms with E-state index >= 15 is 0 Å². The van der Waals surface area contributed by atoms with Crippen molar-refractivity contribution in [1.29, 1.82) is 0 Å². The van der Waals surface area contributed by atoms with Crippen LogP contribution in [0.2, 0.25) is 0 Å². The number of nitrogens with one attached hydrogen (secondary N) is 1. The second kappa shape index (κ2) is 1.10. The Morgan fingerprint density at radius 3 is 1.80 bits per heavy atom. The average molecular weight is 223 g/mol. The summed E-state index contributed by atoms with van der Waals surface area (Å²) < 4.78 is 4.56. The first-order chi connectivity index (χ1) is 2.21. The van der Waals surface area contributed by atoms with Crippen molar-refractivity contribution < 1.29 is 4.28 Å². The van der Waals surface area contributed by atoms with Crippen LogP contribution >= 0.6 is 37.0 Å². The lowest BCUT2D eigenvalue weighted by atomic mass is 13.6. The van der Waals surface area contributed by atoms with Crippen molar-refractivity contribution in [1.82, 2.24) is 4.89 Å². The van der Waals surface area contributed by atoms with Gasteiger partial charge in [0.1, 0.15) is 0 Å². The zero-order chi connectivity index (χ0) is 3.91. The first-order valence-electron chi connectivity index (χ1n) is 0.884. The summed E-state index contributed by atoms with van der Waals surface area (Å²) in [6.45, 7) is 0. The lowest BCUT2D eigenvalue weighted by Gasteiger charge is -1.78. The van der Waals surface area contributed by atoms with Crippen molar-refractivity contribution in [2.24, 2.45) is 0 Å². The average Bonchev–Trinajstić information content (AvgIpc) is 1.76. The molecule has 1 aliphatic rings. The molecular formula is HBr2NOS. The van der Waals surface area contributed by atoms with Crippen molar-refractivity contribution in [2.45, 2.75) is 0 Å². The van der Waals surface area contributed by atoms with E-state index in [9.17, 15) is 0 Å². The highest BCUT2D eigenvalue weighted by molar-refractivity contribution is 9.91. The van der Waals surface area contributed by atoms with Crippen LogP contribution in [-0.4, -0.2) is 0 Å². The van der Waals surface area contributed by atoms with Crippen LogP contribution < -0.4 is 4.89 Å². The third kappa shape index (κ3) is 1.41. The Morgan fingerprint density at radius 2 is 1.80 bits per heavy atom.